The van der Waals surface area contributed by atoms with E-state index >= 15 is 0 Å². The van der Waals surface area contributed by atoms with Crippen molar-refractivity contribution in [1.82, 2.24) is 9.88 Å². The minimum atomic E-state index is -0.142. The molecule has 0 spiro atoms. The Kier molecular flexibility index (Phi) is 3.36. The van der Waals surface area contributed by atoms with Crippen LogP contribution in [0.25, 0.3) is 0 Å². The monoisotopic (exact) mass is 251 g/mol. The minimum absolute atomic E-state index is 0.0667. The zero-order chi connectivity index (χ0) is 13.3. The van der Waals surface area contributed by atoms with Crippen molar-refractivity contribution in [2.24, 2.45) is 11.1 Å². The molecule has 98 valence electrons. The van der Waals surface area contributed by atoms with Crippen LogP contribution in [0.1, 0.15) is 35.5 Å². The first kappa shape index (κ1) is 12.6. The Morgan fingerprint density at radius 1 is 1.56 bits per heavy atom. The summed E-state index contributed by atoms with van der Waals surface area (Å²) in [5.74, 6) is 0.733. The van der Waals surface area contributed by atoms with E-state index in [2.05, 4.69) is 10.1 Å². The van der Waals surface area contributed by atoms with E-state index in [4.69, 9.17) is 9.62 Å². The third-order valence-electron chi connectivity index (χ3n) is 3.21. The van der Waals surface area contributed by atoms with Crippen LogP contribution in [0.2, 0.25) is 0 Å². The summed E-state index contributed by atoms with van der Waals surface area (Å²) in [6.45, 7) is 6.50. The van der Waals surface area contributed by atoms with Gasteiger partial charge in [0.05, 0.1) is 11.4 Å². The molecule has 0 saturated carbocycles. The fourth-order valence-corrected chi connectivity index (χ4v) is 2.23. The van der Waals surface area contributed by atoms with Gasteiger partial charge < -0.3 is 14.5 Å². The number of hydrogen-bond donors (Lipinski definition) is 1. The van der Waals surface area contributed by atoms with Crippen LogP contribution in [0.5, 0.6) is 0 Å². The summed E-state index contributed by atoms with van der Waals surface area (Å²) in [7, 11) is 0. The molecule has 1 aliphatic rings. The Balaban J connectivity index is 2.14. The van der Waals surface area contributed by atoms with Crippen LogP contribution in [-0.4, -0.2) is 39.8 Å². The van der Waals surface area contributed by atoms with E-state index in [1.165, 1.54) is 0 Å². The quantitative estimate of drug-likeness (QED) is 0.607. The summed E-state index contributed by atoms with van der Waals surface area (Å²) in [5, 5.41) is 12.1. The molecular formula is C12H17N3O3. The highest BCUT2D eigenvalue weighted by Crippen LogP contribution is 2.18. The fourth-order valence-electron chi connectivity index (χ4n) is 2.23. The molecule has 18 heavy (non-hydrogen) atoms. The van der Waals surface area contributed by atoms with Crippen molar-refractivity contribution < 1.29 is 14.4 Å². The molecular weight excluding hydrogens is 234 g/mol. The molecule has 1 aromatic heterocycles. The lowest BCUT2D eigenvalue weighted by Crippen LogP contribution is -2.43. The molecule has 1 N–H and O–H groups in total. The summed E-state index contributed by atoms with van der Waals surface area (Å²) in [5.41, 5.74) is 1.36. The number of carbonyl (C=O) groups is 1. The molecule has 0 aliphatic carbocycles. The zero-order valence-corrected chi connectivity index (χ0v) is 10.8. The Morgan fingerprint density at radius 2 is 2.28 bits per heavy atom. The van der Waals surface area contributed by atoms with Crippen molar-refractivity contribution in [3.63, 3.8) is 0 Å². The molecule has 6 nitrogen and oxygen atoms in total. The van der Waals surface area contributed by atoms with Gasteiger partial charge in [0.1, 0.15) is 0 Å². The van der Waals surface area contributed by atoms with Crippen LogP contribution in [0.4, 0.5) is 0 Å². The molecule has 0 radical (unpaired) electrons. The molecule has 0 bridgehead atoms. The number of aryl methyl sites for hydroxylation is 2. The minimum Gasteiger partial charge on any atom is -0.436 e. The summed E-state index contributed by atoms with van der Waals surface area (Å²) >= 11 is 0. The van der Waals surface area contributed by atoms with Gasteiger partial charge in [0, 0.05) is 32.4 Å². The molecule has 1 saturated heterocycles. The Morgan fingerprint density at radius 3 is 2.78 bits per heavy atom. The fraction of sp³-hybridized carbons (Fsp3) is 0.583. The maximum Gasteiger partial charge on any atom is 0.291 e. The molecule has 1 amide bonds. The van der Waals surface area contributed by atoms with Gasteiger partial charge in [0.15, 0.2) is 5.89 Å². The van der Waals surface area contributed by atoms with Crippen molar-refractivity contribution in [3.8, 4) is 0 Å². The largest absolute Gasteiger partial charge is 0.436 e. The van der Waals surface area contributed by atoms with Crippen LogP contribution < -0.4 is 0 Å². The maximum atomic E-state index is 12.3. The molecule has 2 rings (SSSR count). The van der Waals surface area contributed by atoms with Gasteiger partial charge >= 0.3 is 0 Å². The van der Waals surface area contributed by atoms with Gasteiger partial charge in [0.25, 0.3) is 5.91 Å². The lowest BCUT2D eigenvalue weighted by Gasteiger charge is -2.30. The van der Waals surface area contributed by atoms with Gasteiger partial charge in [-0.05, 0) is 6.92 Å². The van der Waals surface area contributed by atoms with Crippen LogP contribution in [0.3, 0.4) is 0 Å². The highest BCUT2D eigenvalue weighted by molar-refractivity contribution is 5.95. The summed E-state index contributed by atoms with van der Waals surface area (Å²) in [6.07, 6.45) is 0.593. The number of nitrogens with zero attached hydrogens (tertiary/aromatic N) is 3. The van der Waals surface area contributed by atoms with Crippen LogP contribution >= 0.6 is 0 Å². The van der Waals surface area contributed by atoms with Crippen LogP contribution in [-0.2, 0) is 0 Å². The summed E-state index contributed by atoms with van der Waals surface area (Å²) < 4.78 is 5.34. The number of oxime groups is 1. The highest BCUT2D eigenvalue weighted by Gasteiger charge is 2.29. The van der Waals surface area contributed by atoms with Gasteiger partial charge in [-0.1, -0.05) is 12.1 Å². The van der Waals surface area contributed by atoms with Crippen molar-refractivity contribution >= 4 is 11.6 Å². The van der Waals surface area contributed by atoms with E-state index in [1.54, 1.807) is 18.7 Å². The van der Waals surface area contributed by atoms with E-state index in [9.17, 15) is 4.79 Å². The molecule has 1 atom stereocenters. The number of likely N-dealkylation sites (tertiary alicyclic amines) is 1. The van der Waals surface area contributed by atoms with Crippen LogP contribution in [0, 0.1) is 19.8 Å². The Hall–Kier alpha value is -1.85. The second-order valence-electron chi connectivity index (χ2n) is 4.64. The van der Waals surface area contributed by atoms with Gasteiger partial charge in [-0.15, -0.1) is 0 Å². The Labute approximate surface area is 105 Å². The number of carbonyl (C=O) groups excluding carboxylic acids is 1. The number of rotatable bonds is 1. The van der Waals surface area contributed by atoms with E-state index < -0.39 is 0 Å². The van der Waals surface area contributed by atoms with Gasteiger partial charge in [-0.3, -0.25) is 4.79 Å². The molecule has 2 heterocycles. The SMILES string of the molecule is Cc1nc(C)c(C(=O)N2CCC(=NO)C(C)C2)o1. The third kappa shape index (κ3) is 2.23. The summed E-state index contributed by atoms with van der Waals surface area (Å²) in [4.78, 5) is 18.1. The van der Waals surface area contributed by atoms with Crippen molar-refractivity contribution in [2.75, 3.05) is 13.1 Å². The predicted molar refractivity (Wildman–Crippen MR) is 64.9 cm³/mol. The standard InChI is InChI=1S/C12H17N3O3/c1-7-6-15(5-4-10(7)14-17)12(16)11-8(2)13-9(3)18-11/h7,17H,4-6H2,1-3H3. The number of oxazole rings is 1. The molecule has 1 aliphatic heterocycles. The number of amides is 1. The predicted octanol–water partition coefficient (Wildman–Crippen LogP) is 1.60. The van der Waals surface area contributed by atoms with Crippen molar-refractivity contribution in [3.05, 3.63) is 17.3 Å². The van der Waals surface area contributed by atoms with Crippen molar-refractivity contribution in [1.29, 1.82) is 0 Å². The lowest BCUT2D eigenvalue weighted by atomic mass is 9.97. The second-order valence-corrected chi connectivity index (χ2v) is 4.64. The summed E-state index contributed by atoms with van der Waals surface area (Å²) in [6, 6.07) is 0. The second kappa shape index (κ2) is 4.80. The normalized spacial score (nSPS) is 22.5. The molecule has 6 heteroatoms. The van der Waals surface area contributed by atoms with Gasteiger partial charge in [0.2, 0.25) is 5.76 Å². The first-order valence-corrected chi connectivity index (χ1v) is 5.97. The average molecular weight is 251 g/mol. The maximum absolute atomic E-state index is 12.3. The zero-order valence-electron chi connectivity index (χ0n) is 10.8. The number of piperidine rings is 1. The van der Waals surface area contributed by atoms with Gasteiger partial charge in [-0.2, -0.15) is 0 Å². The van der Waals surface area contributed by atoms with E-state index in [1.807, 2.05) is 6.92 Å². The molecule has 0 aromatic carbocycles. The molecule has 1 aromatic rings. The van der Waals surface area contributed by atoms with Crippen molar-refractivity contribution in [2.45, 2.75) is 27.2 Å². The average Bonchev–Trinajstić information content (AvgIpc) is 2.67. The van der Waals surface area contributed by atoms with Crippen LogP contribution in [0.15, 0.2) is 9.57 Å². The van der Waals surface area contributed by atoms with Gasteiger partial charge in [-0.25, -0.2) is 4.98 Å². The van der Waals surface area contributed by atoms with E-state index in [0.29, 0.717) is 36.9 Å². The molecule has 1 fully saturated rings. The lowest BCUT2D eigenvalue weighted by molar-refractivity contribution is 0.0699. The first-order chi connectivity index (χ1) is 8.52. The first-order valence-electron chi connectivity index (χ1n) is 5.97. The topological polar surface area (TPSA) is 78.9 Å². The van der Waals surface area contributed by atoms with E-state index in [0.717, 1.165) is 5.71 Å². The number of hydrogen-bond acceptors (Lipinski definition) is 5. The third-order valence-corrected chi connectivity index (χ3v) is 3.21. The smallest absolute Gasteiger partial charge is 0.291 e. The molecule has 1 unspecified atom stereocenters. The van der Waals surface area contributed by atoms with E-state index in [-0.39, 0.29) is 11.8 Å². The highest BCUT2D eigenvalue weighted by atomic mass is 16.4. The Bertz CT molecular complexity index is 493. The number of aromatic nitrogens is 1.